The van der Waals surface area contributed by atoms with Crippen LogP contribution in [0.4, 0.5) is 0 Å². The summed E-state index contributed by atoms with van der Waals surface area (Å²) in [7, 11) is 1.72. The predicted octanol–water partition coefficient (Wildman–Crippen LogP) is 1.73. The number of rotatable bonds is 5. The van der Waals surface area contributed by atoms with Gasteiger partial charge in [0.05, 0.1) is 6.61 Å². The van der Waals surface area contributed by atoms with Gasteiger partial charge in [-0.25, -0.2) is 0 Å². The summed E-state index contributed by atoms with van der Waals surface area (Å²) in [6.07, 6.45) is 0. The van der Waals surface area contributed by atoms with Gasteiger partial charge in [-0.1, -0.05) is 24.3 Å². The van der Waals surface area contributed by atoms with Crippen LogP contribution >= 0.6 is 0 Å². The molecule has 72 valence electrons. The first-order chi connectivity index (χ1) is 6.34. The molecule has 0 radical (unpaired) electrons. The van der Waals surface area contributed by atoms with E-state index in [0.29, 0.717) is 0 Å². The smallest absolute Gasteiger partial charge is 0.0587 e. The largest absolute Gasteiger partial charge is 0.383 e. The van der Waals surface area contributed by atoms with E-state index in [1.165, 1.54) is 11.1 Å². The standard InChI is InChI=1S/C11H17NO/c1-10-5-3-4-6-11(10)9-12-7-8-13-2/h3-6,12H,7-9H2,1-2H3. The van der Waals surface area contributed by atoms with Gasteiger partial charge in [0.2, 0.25) is 0 Å². The minimum absolute atomic E-state index is 0.770. The van der Waals surface area contributed by atoms with E-state index in [1.807, 2.05) is 0 Å². The molecule has 1 N–H and O–H groups in total. The maximum absolute atomic E-state index is 4.95. The summed E-state index contributed by atoms with van der Waals surface area (Å²) in [5, 5.41) is 3.32. The zero-order valence-corrected chi connectivity index (χ0v) is 8.34. The van der Waals surface area contributed by atoms with Gasteiger partial charge in [0.1, 0.15) is 0 Å². The molecule has 0 spiro atoms. The van der Waals surface area contributed by atoms with Crippen LogP contribution in [0.5, 0.6) is 0 Å². The third-order valence-electron chi connectivity index (χ3n) is 2.06. The highest BCUT2D eigenvalue weighted by Crippen LogP contribution is 2.05. The predicted molar refractivity (Wildman–Crippen MR) is 54.8 cm³/mol. The van der Waals surface area contributed by atoms with E-state index in [-0.39, 0.29) is 0 Å². The van der Waals surface area contributed by atoms with E-state index in [0.717, 1.165) is 19.7 Å². The summed E-state index contributed by atoms with van der Waals surface area (Å²) < 4.78 is 4.95. The van der Waals surface area contributed by atoms with E-state index in [2.05, 4.69) is 36.5 Å². The Labute approximate surface area is 79.9 Å². The van der Waals surface area contributed by atoms with Crippen molar-refractivity contribution in [1.82, 2.24) is 5.32 Å². The summed E-state index contributed by atoms with van der Waals surface area (Å²) in [6, 6.07) is 8.41. The molecule has 0 aliphatic rings. The van der Waals surface area contributed by atoms with E-state index in [9.17, 15) is 0 Å². The van der Waals surface area contributed by atoms with E-state index >= 15 is 0 Å². The number of nitrogens with one attached hydrogen (secondary N) is 1. The maximum Gasteiger partial charge on any atom is 0.0587 e. The molecule has 2 heteroatoms. The van der Waals surface area contributed by atoms with E-state index in [1.54, 1.807) is 7.11 Å². The van der Waals surface area contributed by atoms with Gasteiger partial charge in [-0.15, -0.1) is 0 Å². The number of methoxy groups -OCH3 is 1. The molecule has 0 atom stereocenters. The SMILES string of the molecule is COCCNCc1ccccc1C. The summed E-state index contributed by atoms with van der Waals surface area (Å²) in [5.41, 5.74) is 2.70. The second-order valence-corrected chi connectivity index (χ2v) is 3.10. The van der Waals surface area contributed by atoms with Crippen LogP contribution in [0.3, 0.4) is 0 Å². The topological polar surface area (TPSA) is 21.3 Å². The Morgan fingerprint density at radius 3 is 2.77 bits per heavy atom. The second-order valence-electron chi connectivity index (χ2n) is 3.10. The lowest BCUT2D eigenvalue weighted by Gasteiger charge is -2.06. The van der Waals surface area contributed by atoms with Crippen molar-refractivity contribution in [2.24, 2.45) is 0 Å². The zero-order valence-electron chi connectivity index (χ0n) is 8.34. The fraction of sp³-hybridized carbons (Fsp3) is 0.455. The Morgan fingerprint density at radius 2 is 2.08 bits per heavy atom. The van der Waals surface area contributed by atoms with Crippen LogP contribution in [0.25, 0.3) is 0 Å². The van der Waals surface area contributed by atoms with E-state index in [4.69, 9.17) is 4.74 Å². The molecule has 0 bridgehead atoms. The van der Waals surface area contributed by atoms with Gasteiger partial charge in [0.25, 0.3) is 0 Å². The third kappa shape index (κ3) is 3.57. The summed E-state index contributed by atoms with van der Waals surface area (Å²) in [5.74, 6) is 0. The molecular weight excluding hydrogens is 162 g/mol. The second kappa shape index (κ2) is 5.73. The van der Waals surface area contributed by atoms with Gasteiger partial charge in [-0.05, 0) is 18.1 Å². The molecule has 0 aromatic heterocycles. The van der Waals surface area contributed by atoms with Crippen molar-refractivity contribution in [3.8, 4) is 0 Å². The molecule has 0 saturated carbocycles. The zero-order chi connectivity index (χ0) is 9.52. The fourth-order valence-electron chi connectivity index (χ4n) is 1.21. The molecule has 0 saturated heterocycles. The average molecular weight is 179 g/mol. The van der Waals surface area contributed by atoms with Gasteiger partial charge in [-0.2, -0.15) is 0 Å². The lowest BCUT2D eigenvalue weighted by atomic mass is 10.1. The van der Waals surface area contributed by atoms with Crippen LogP contribution in [0, 0.1) is 6.92 Å². The normalized spacial score (nSPS) is 10.3. The van der Waals surface area contributed by atoms with Crippen molar-refractivity contribution in [2.45, 2.75) is 13.5 Å². The number of hydrogen-bond donors (Lipinski definition) is 1. The lowest BCUT2D eigenvalue weighted by molar-refractivity contribution is 0.199. The van der Waals surface area contributed by atoms with Crippen LogP contribution in [0.2, 0.25) is 0 Å². The first-order valence-corrected chi connectivity index (χ1v) is 4.58. The minimum Gasteiger partial charge on any atom is -0.383 e. The molecule has 0 unspecified atom stereocenters. The Kier molecular flexibility index (Phi) is 4.50. The maximum atomic E-state index is 4.95. The lowest BCUT2D eigenvalue weighted by Crippen LogP contribution is -2.18. The molecule has 2 nitrogen and oxygen atoms in total. The Balaban J connectivity index is 2.32. The number of aryl methyl sites for hydroxylation is 1. The fourth-order valence-corrected chi connectivity index (χ4v) is 1.21. The first-order valence-electron chi connectivity index (χ1n) is 4.58. The Hall–Kier alpha value is -0.860. The molecular formula is C11H17NO. The monoisotopic (exact) mass is 179 g/mol. The molecule has 0 amide bonds. The molecule has 0 aliphatic carbocycles. The van der Waals surface area contributed by atoms with Crippen LogP contribution in [-0.4, -0.2) is 20.3 Å². The van der Waals surface area contributed by atoms with Crippen molar-refractivity contribution < 1.29 is 4.74 Å². The van der Waals surface area contributed by atoms with Crippen molar-refractivity contribution in [3.05, 3.63) is 35.4 Å². The molecule has 0 heterocycles. The van der Waals surface area contributed by atoms with Gasteiger partial charge in [0.15, 0.2) is 0 Å². The van der Waals surface area contributed by atoms with Crippen LogP contribution in [0.15, 0.2) is 24.3 Å². The molecule has 13 heavy (non-hydrogen) atoms. The van der Waals surface area contributed by atoms with Gasteiger partial charge in [0, 0.05) is 20.2 Å². The van der Waals surface area contributed by atoms with Crippen molar-refractivity contribution >= 4 is 0 Å². The molecule has 1 aromatic carbocycles. The van der Waals surface area contributed by atoms with Crippen molar-refractivity contribution in [1.29, 1.82) is 0 Å². The molecule has 1 aromatic rings. The summed E-state index contributed by atoms with van der Waals surface area (Å²) in [6.45, 7) is 4.74. The highest BCUT2D eigenvalue weighted by Gasteiger charge is 1.94. The highest BCUT2D eigenvalue weighted by molar-refractivity contribution is 5.25. The number of ether oxygens (including phenoxy) is 1. The molecule has 1 rings (SSSR count). The number of benzene rings is 1. The van der Waals surface area contributed by atoms with Crippen LogP contribution < -0.4 is 5.32 Å². The van der Waals surface area contributed by atoms with Crippen LogP contribution in [-0.2, 0) is 11.3 Å². The summed E-state index contributed by atoms with van der Waals surface area (Å²) in [4.78, 5) is 0. The van der Waals surface area contributed by atoms with Crippen molar-refractivity contribution in [3.63, 3.8) is 0 Å². The van der Waals surface area contributed by atoms with Gasteiger partial charge in [-0.3, -0.25) is 0 Å². The quantitative estimate of drug-likeness (QED) is 0.695. The first kappa shape index (κ1) is 10.2. The third-order valence-corrected chi connectivity index (χ3v) is 2.06. The molecule has 0 aliphatic heterocycles. The van der Waals surface area contributed by atoms with Crippen molar-refractivity contribution in [2.75, 3.05) is 20.3 Å². The van der Waals surface area contributed by atoms with Crippen LogP contribution in [0.1, 0.15) is 11.1 Å². The Morgan fingerprint density at radius 1 is 1.31 bits per heavy atom. The van der Waals surface area contributed by atoms with E-state index < -0.39 is 0 Å². The average Bonchev–Trinajstić information content (AvgIpc) is 2.15. The number of hydrogen-bond acceptors (Lipinski definition) is 2. The minimum atomic E-state index is 0.770. The summed E-state index contributed by atoms with van der Waals surface area (Å²) >= 11 is 0. The van der Waals surface area contributed by atoms with Gasteiger partial charge < -0.3 is 10.1 Å². The highest BCUT2D eigenvalue weighted by atomic mass is 16.5. The van der Waals surface area contributed by atoms with Gasteiger partial charge >= 0.3 is 0 Å². The Bertz CT molecular complexity index is 248. The molecule has 0 fully saturated rings.